The van der Waals surface area contributed by atoms with Crippen LogP contribution >= 0.6 is 11.9 Å². The van der Waals surface area contributed by atoms with Crippen LogP contribution in [0.4, 0.5) is 0 Å². The van der Waals surface area contributed by atoms with Crippen molar-refractivity contribution >= 4 is 23.4 Å². The highest BCUT2D eigenvalue weighted by Gasteiger charge is 2.23. The molecule has 1 N–H and O–H groups in total. The zero-order valence-corrected chi connectivity index (χ0v) is 17.5. The van der Waals surface area contributed by atoms with Crippen LogP contribution in [0.15, 0.2) is 53.5 Å². The Hall–Kier alpha value is -2.55. The molecule has 7 nitrogen and oxygen atoms in total. The van der Waals surface area contributed by atoms with Gasteiger partial charge in [-0.1, -0.05) is 30.3 Å². The molecule has 2 aromatic rings. The van der Waals surface area contributed by atoms with Crippen LogP contribution in [0.25, 0.3) is 0 Å². The molecule has 8 heteroatoms. The smallest absolute Gasteiger partial charge is 0.270 e. The van der Waals surface area contributed by atoms with E-state index in [1.165, 1.54) is 11.9 Å². The standard InChI is InChI=1S/C21H25N3O4S/c1-15(12-26-3)28-20-10-9-18(27-13-17-7-5-4-6-8-17)11-19(20)21(25)23-24-16(2)22-14-29-24/h4-11,14-16H,12-13H2,1-3H3,(H,23,25)/t15-,16?/m0/s1. The molecule has 2 atom stereocenters. The quantitative estimate of drug-likeness (QED) is 0.630. The van der Waals surface area contributed by atoms with E-state index in [1.807, 2.05) is 44.2 Å². The van der Waals surface area contributed by atoms with Crippen LogP contribution in [-0.2, 0) is 11.3 Å². The highest BCUT2D eigenvalue weighted by atomic mass is 32.2. The maximum Gasteiger partial charge on any atom is 0.270 e. The molecule has 0 saturated heterocycles. The van der Waals surface area contributed by atoms with Crippen LogP contribution < -0.4 is 14.9 Å². The maximum absolute atomic E-state index is 12.9. The van der Waals surface area contributed by atoms with E-state index in [2.05, 4.69) is 10.4 Å². The number of aliphatic imine (C=N–C) groups is 1. The second-order valence-electron chi connectivity index (χ2n) is 6.57. The van der Waals surface area contributed by atoms with Crippen LogP contribution in [0.2, 0.25) is 0 Å². The van der Waals surface area contributed by atoms with Crippen LogP contribution in [0.1, 0.15) is 29.8 Å². The summed E-state index contributed by atoms with van der Waals surface area (Å²) in [5, 5.41) is 0. The molecule has 1 aliphatic rings. The topological polar surface area (TPSA) is 72.4 Å². The summed E-state index contributed by atoms with van der Waals surface area (Å²) in [5.74, 6) is 0.764. The van der Waals surface area contributed by atoms with Crippen molar-refractivity contribution in [1.82, 2.24) is 9.84 Å². The molecule has 0 fully saturated rings. The summed E-state index contributed by atoms with van der Waals surface area (Å²) in [6.07, 6.45) is -0.343. The molecule has 2 aromatic carbocycles. The Bertz CT molecular complexity index is 847. The number of amides is 1. The molecule has 1 heterocycles. The summed E-state index contributed by atoms with van der Waals surface area (Å²) in [7, 11) is 1.61. The molecule has 0 bridgehead atoms. The van der Waals surface area contributed by atoms with Crippen molar-refractivity contribution in [3.05, 3.63) is 59.7 Å². The van der Waals surface area contributed by atoms with Gasteiger partial charge in [0.2, 0.25) is 0 Å². The van der Waals surface area contributed by atoms with Gasteiger partial charge >= 0.3 is 0 Å². The molecule has 0 radical (unpaired) electrons. The van der Waals surface area contributed by atoms with Crippen LogP contribution in [0.3, 0.4) is 0 Å². The third-order valence-electron chi connectivity index (χ3n) is 4.16. The minimum atomic E-state index is -0.292. The van der Waals surface area contributed by atoms with Crippen molar-refractivity contribution < 1.29 is 19.0 Å². The molecule has 1 aliphatic heterocycles. The van der Waals surface area contributed by atoms with Gasteiger partial charge in [-0.15, -0.1) is 4.41 Å². The van der Waals surface area contributed by atoms with Crippen LogP contribution in [0.5, 0.6) is 11.5 Å². The fourth-order valence-corrected chi connectivity index (χ4v) is 3.40. The molecule has 0 aliphatic carbocycles. The number of hydrogen-bond acceptors (Lipinski definition) is 7. The van der Waals surface area contributed by atoms with Gasteiger partial charge < -0.3 is 14.2 Å². The first-order valence-electron chi connectivity index (χ1n) is 9.32. The van der Waals surface area contributed by atoms with Crippen molar-refractivity contribution in [3.63, 3.8) is 0 Å². The lowest BCUT2D eigenvalue weighted by molar-refractivity contribution is 0.0822. The highest BCUT2D eigenvalue weighted by Crippen LogP contribution is 2.27. The summed E-state index contributed by atoms with van der Waals surface area (Å²) in [4.78, 5) is 17.2. The van der Waals surface area contributed by atoms with Gasteiger partial charge in [-0.05, 0) is 49.6 Å². The van der Waals surface area contributed by atoms with Crippen LogP contribution in [0, 0.1) is 0 Å². The number of carbonyl (C=O) groups excluding carboxylic acids is 1. The highest BCUT2D eigenvalue weighted by molar-refractivity contribution is 8.10. The number of nitrogens with one attached hydrogen (secondary N) is 1. The van der Waals surface area contributed by atoms with Crippen molar-refractivity contribution in [2.75, 3.05) is 13.7 Å². The molecular weight excluding hydrogens is 390 g/mol. The fraction of sp³-hybridized carbons (Fsp3) is 0.333. The zero-order valence-electron chi connectivity index (χ0n) is 16.7. The van der Waals surface area contributed by atoms with Gasteiger partial charge in [0.25, 0.3) is 5.91 Å². The predicted molar refractivity (Wildman–Crippen MR) is 114 cm³/mol. The van der Waals surface area contributed by atoms with Crippen molar-refractivity contribution in [2.45, 2.75) is 32.7 Å². The number of hydrazine groups is 1. The maximum atomic E-state index is 12.9. The van der Waals surface area contributed by atoms with E-state index in [0.717, 1.165) is 5.56 Å². The van der Waals surface area contributed by atoms with Gasteiger partial charge in [-0.2, -0.15) is 0 Å². The minimum Gasteiger partial charge on any atom is -0.489 e. The lowest BCUT2D eigenvalue weighted by atomic mass is 10.1. The molecule has 3 rings (SSSR count). The SMILES string of the molecule is COC[C@H](C)Oc1ccc(OCc2ccccc2)cc1C(=O)NN1SC=NC1C. The molecule has 1 unspecified atom stereocenters. The molecule has 0 spiro atoms. The number of rotatable bonds is 9. The number of ether oxygens (including phenoxy) is 3. The summed E-state index contributed by atoms with van der Waals surface area (Å²) in [6.45, 7) is 4.61. The van der Waals surface area contributed by atoms with E-state index in [1.54, 1.807) is 35.3 Å². The average molecular weight is 416 g/mol. The first-order chi connectivity index (χ1) is 14.1. The normalized spacial score (nSPS) is 17.1. The zero-order chi connectivity index (χ0) is 20.6. The Labute approximate surface area is 175 Å². The van der Waals surface area contributed by atoms with Gasteiger partial charge in [0.15, 0.2) is 0 Å². The summed E-state index contributed by atoms with van der Waals surface area (Å²) in [5.41, 5.74) is 5.99. The van der Waals surface area contributed by atoms with Gasteiger partial charge in [0.05, 0.1) is 17.7 Å². The van der Waals surface area contributed by atoms with E-state index in [0.29, 0.717) is 30.3 Å². The Kier molecular flexibility index (Phi) is 7.51. The lowest BCUT2D eigenvalue weighted by Crippen LogP contribution is -2.40. The van der Waals surface area contributed by atoms with E-state index >= 15 is 0 Å². The van der Waals surface area contributed by atoms with E-state index < -0.39 is 0 Å². The van der Waals surface area contributed by atoms with Crippen molar-refractivity contribution in [1.29, 1.82) is 0 Å². The van der Waals surface area contributed by atoms with Crippen LogP contribution in [-0.4, -0.2) is 41.9 Å². The van der Waals surface area contributed by atoms with E-state index in [4.69, 9.17) is 14.2 Å². The Morgan fingerprint density at radius 2 is 2.07 bits per heavy atom. The number of nitrogens with zero attached hydrogens (tertiary/aromatic N) is 2. The average Bonchev–Trinajstić information content (AvgIpc) is 3.12. The van der Waals surface area contributed by atoms with E-state index in [9.17, 15) is 4.79 Å². The molecule has 0 aromatic heterocycles. The van der Waals surface area contributed by atoms with Gasteiger partial charge in [-0.25, -0.2) is 0 Å². The third-order valence-corrected chi connectivity index (χ3v) is 5.00. The molecule has 1 amide bonds. The molecule has 29 heavy (non-hydrogen) atoms. The monoisotopic (exact) mass is 415 g/mol. The first kappa shape index (κ1) is 21.2. The van der Waals surface area contributed by atoms with Gasteiger partial charge in [0, 0.05) is 7.11 Å². The van der Waals surface area contributed by atoms with Gasteiger partial charge in [-0.3, -0.25) is 15.2 Å². The first-order valence-corrected chi connectivity index (χ1v) is 10.2. The number of benzene rings is 2. The fourth-order valence-electron chi connectivity index (χ4n) is 2.70. The second kappa shape index (κ2) is 10.3. The summed E-state index contributed by atoms with van der Waals surface area (Å²) < 4.78 is 18.6. The summed E-state index contributed by atoms with van der Waals surface area (Å²) >= 11 is 1.33. The van der Waals surface area contributed by atoms with Crippen molar-refractivity contribution in [3.8, 4) is 11.5 Å². The second-order valence-corrected chi connectivity index (χ2v) is 7.39. The molecule has 154 valence electrons. The Morgan fingerprint density at radius 3 is 2.76 bits per heavy atom. The number of methoxy groups -OCH3 is 1. The lowest BCUT2D eigenvalue weighted by Gasteiger charge is -2.21. The number of hydrogen-bond donors (Lipinski definition) is 1. The van der Waals surface area contributed by atoms with E-state index in [-0.39, 0.29) is 18.2 Å². The third kappa shape index (κ3) is 5.96. The van der Waals surface area contributed by atoms with Crippen molar-refractivity contribution in [2.24, 2.45) is 4.99 Å². The minimum absolute atomic E-state index is 0.141. The summed E-state index contributed by atoms with van der Waals surface area (Å²) in [6, 6.07) is 15.1. The largest absolute Gasteiger partial charge is 0.489 e. The Balaban J connectivity index is 1.77. The number of carbonyl (C=O) groups is 1. The Morgan fingerprint density at radius 1 is 1.28 bits per heavy atom. The molecule has 0 saturated carbocycles. The van der Waals surface area contributed by atoms with Gasteiger partial charge in [0.1, 0.15) is 30.4 Å². The molecular formula is C21H25N3O4S. The predicted octanol–water partition coefficient (Wildman–Crippen LogP) is 3.66.